The van der Waals surface area contributed by atoms with Crippen LogP contribution in [0.2, 0.25) is 0 Å². The van der Waals surface area contributed by atoms with Gasteiger partial charge in [0.2, 0.25) is 15.8 Å². The van der Waals surface area contributed by atoms with Gasteiger partial charge in [0.1, 0.15) is 0 Å². The van der Waals surface area contributed by atoms with Crippen LogP contribution in [0.3, 0.4) is 0 Å². The van der Waals surface area contributed by atoms with Crippen molar-refractivity contribution < 1.29 is 22.5 Å². The summed E-state index contributed by atoms with van der Waals surface area (Å²) in [5.74, 6) is -1.69. The average molecular weight is 347 g/mol. The summed E-state index contributed by atoms with van der Waals surface area (Å²) in [6.45, 7) is 2.60. The van der Waals surface area contributed by atoms with Crippen LogP contribution in [-0.4, -0.2) is 44.4 Å². The summed E-state index contributed by atoms with van der Waals surface area (Å²) < 4.78 is 45.0. The van der Waals surface area contributed by atoms with E-state index in [2.05, 4.69) is 4.74 Å². The van der Waals surface area contributed by atoms with Crippen LogP contribution in [0, 0.1) is 21.3 Å². The summed E-state index contributed by atoms with van der Waals surface area (Å²) in [6, 6.07) is 1.55. The van der Waals surface area contributed by atoms with Crippen molar-refractivity contribution in [3.05, 3.63) is 28.1 Å². The number of methoxy groups -OCH3 is 1. The first-order chi connectivity index (χ1) is 10.6. The predicted molar refractivity (Wildman–Crippen MR) is 80.1 cm³/mol. The Morgan fingerprint density at radius 3 is 2.65 bits per heavy atom. The van der Waals surface area contributed by atoms with Crippen LogP contribution in [0.25, 0.3) is 0 Å². The molecule has 0 bridgehead atoms. The largest absolute Gasteiger partial charge is 0.488 e. The molecule has 1 heterocycles. The Labute approximate surface area is 133 Å². The Balaban J connectivity index is 2.47. The molecule has 0 spiro atoms. The third-order valence-electron chi connectivity index (χ3n) is 4.05. The second-order valence-corrected chi connectivity index (χ2v) is 7.76. The number of rotatable bonds is 5. The molecule has 1 fully saturated rings. The lowest BCUT2D eigenvalue weighted by Gasteiger charge is -2.22. The Morgan fingerprint density at radius 1 is 1.52 bits per heavy atom. The normalized spacial score (nSPS) is 22.3. The first kappa shape index (κ1) is 17.6. The van der Waals surface area contributed by atoms with Gasteiger partial charge in [0.25, 0.3) is 0 Å². The third-order valence-corrected chi connectivity index (χ3v) is 5.87. The first-order valence-corrected chi connectivity index (χ1v) is 8.31. The maximum atomic E-state index is 14.0. The highest BCUT2D eigenvalue weighted by Gasteiger charge is 2.40. The van der Waals surface area contributed by atoms with Crippen molar-refractivity contribution in [2.75, 3.05) is 26.7 Å². The number of nitro groups is 1. The van der Waals surface area contributed by atoms with Gasteiger partial charge in [-0.15, -0.1) is 0 Å². The molecule has 1 unspecified atom stereocenters. The number of nitrogens with zero attached hydrogens (tertiary/aromatic N) is 2. The van der Waals surface area contributed by atoms with E-state index in [0.717, 1.165) is 19.2 Å². The highest BCUT2D eigenvalue weighted by atomic mass is 32.2. The Hall–Kier alpha value is -1.78. The van der Waals surface area contributed by atoms with Gasteiger partial charge in [-0.25, -0.2) is 12.8 Å². The summed E-state index contributed by atoms with van der Waals surface area (Å²) in [5, 5.41) is 11.0. The summed E-state index contributed by atoms with van der Waals surface area (Å²) in [4.78, 5) is 9.67. The quantitative estimate of drug-likeness (QED) is 0.630. The van der Waals surface area contributed by atoms with E-state index in [1.165, 1.54) is 4.31 Å². The van der Waals surface area contributed by atoms with Crippen LogP contribution in [0.4, 0.5) is 10.1 Å². The second kappa shape index (κ2) is 6.02. The van der Waals surface area contributed by atoms with Crippen molar-refractivity contribution >= 4 is 15.7 Å². The highest BCUT2D eigenvalue weighted by Crippen LogP contribution is 2.36. The molecule has 23 heavy (non-hydrogen) atoms. The first-order valence-electron chi connectivity index (χ1n) is 6.87. The molecule has 0 aliphatic carbocycles. The van der Waals surface area contributed by atoms with Crippen molar-refractivity contribution in [3.8, 4) is 5.75 Å². The topological polar surface area (TPSA) is 116 Å². The zero-order chi connectivity index (χ0) is 17.4. The minimum absolute atomic E-state index is 0.188. The molecule has 1 aliphatic rings. The van der Waals surface area contributed by atoms with Crippen LogP contribution in [-0.2, 0) is 10.0 Å². The summed E-state index contributed by atoms with van der Waals surface area (Å²) in [7, 11) is -2.97. The van der Waals surface area contributed by atoms with E-state index < -0.39 is 37.1 Å². The lowest BCUT2D eigenvalue weighted by atomic mass is 9.90. The van der Waals surface area contributed by atoms with Crippen molar-refractivity contribution in [2.45, 2.75) is 18.2 Å². The van der Waals surface area contributed by atoms with Gasteiger partial charge in [-0.3, -0.25) is 10.1 Å². The Bertz CT molecular complexity index is 739. The van der Waals surface area contributed by atoms with E-state index in [1.807, 2.05) is 6.92 Å². The van der Waals surface area contributed by atoms with E-state index >= 15 is 0 Å². The molecule has 2 rings (SSSR count). The Morgan fingerprint density at radius 2 is 2.17 bits per heavy atom. The van der Waals surface area contributed by atoms with E-state index in [-0.39, 0.29) is 18.5 Å². The SMILES string of the molecule is COc1c(F)cc(S(=O)(=O)N2CCC(C)(CN)C2)cc1[N+](=O)[O-]. The number of nitrogens with two attached hydrogens (primary N) is 1. The number of benzene rings is 1. The molecular formula is C13H18FN3O5S. The monoisotopic (exact) mass is 347 g/mol. The van der Waals surface area contributed by atoms with E-state index in [0.29, 0.717) is 13.0 Å². The third kappa shape index (κ3) is 3.14. The minimum Gasteiger partial charge on any atom is -0.488 e. The van der Waals surface area contributed by atoms with Gasteiger partial charge in [0.05, 0.1) is 16.9 Å². The molecule has 0 aromatic heterocycles. The van der Waals surface area contributed by atoms with Crippen LogP contribution < -0.4 is 10.5 Å². The molecule has 1 saturated heterocycles. The summed E-state index contributed by atoms with van der Waals surface area (Å²) in [5.41, 5.74) is 4.56. The fourth-order valence-electron chi connectivity index (χ4n) is 2.54. The van der Waals surface area contributed by atoms with Gasteiger partial charge in [0.15, 0.2) is 5.82 Å². The molecule has 1 aromatic rings. The van der Waals surface area contributed by atoms with Crippen LogP contribution >= 0.6 is 0 Å². The van der Waals surface area contributed by atoms with Crippen LogP contribution in [0.5, 0.6) is 5.75 Å². The molecule has 128 valence electrons. The molecule has 0 radical (unpaired) electrons. The lowest BCUT2D eigenvalue weighted by molar-refractivity contribution is -0.386. The number of sulfonamides is 1. The molecule has 0 saturated carbocycles. The molecule has 10 heteroatoms. The number of nitro benzene ring substituents is 1. The fourth-order valence-corrected chi connectivity index (χ4v) is 4.17. The van der Waals surface area contributed by atoms with Gasteiger partial charge in [-0.2, -0.15) is 4.31 Å². The van der Waals surface area contributed by atoms with E-state index in [9.17, 15) is 22.9 Å². The zero-order valence-corrected chi connectivity index (χ0v) is 13.6. The Kier molecular flexibility index (Phi) is 4.60. The minimum atomic E-state index is -4.05. The van der Waals surface area contributed by atoms with Crippen LogP contribution in [0.1, 0.15) is 13.3 Å². The van der Waals surface area contributed by atoms with Gasteiger partial charge in [-0.05, 0) is 24.4 Å². The zero-order valence-electron chi connectivity index (χ0n) is 12.8. The standard InChI is InChI=1S/C13H18FN3O5S/c1-13(7-15)3-4-16(8-13)23(20,21)9-5-10(14)12(22-2)11(6-9)17(18)19/h5-6H,3-4,7-8,15H2,1-2H3. The fraction of sp³-hybridized carbons (Fsp3) is 0.538. The van der Waals surface area contributed by atoms with Crippen molar-refractivity contribution in [1.82, 2.24) is 4.31 Å². The van der Waals surface area contributed by atoms with Crippen molar-refractivity contribution in [2.24, 2.45) is 11.1 Å². The number of ether oxygens (including phenoxy) is 1. The molecule has 1 aliphatic heterocycles. The smallest absolute Gasteiger partial charge is 0.315 e. The van der Waals surface area contributed by atoms with E-state index in [1.54, 1.807) is 0 Å². The maximum Gasteiger partial charge on any atom is 0.315 e. The molecule has 0 amide bonds. The summed E-state index contributed by atoms with van der Waals surface area (Å²) >= 11 is 0. The van der Waals surface area contributed by atoms with Crippen molar-refractivity contribution in [1.29, 1.82) is 0 Å². The van der Waals surface area contributed by atoms with E-state index in [4.69, 9.17) is 5.73 Å². The maximum absolute atomic E-state index is 14.0. The average Bonchev–Trinajstić information content (AvgIpc) is 2.90. The summed E-state index contributed by atoms with van der Waals surface area (Å²) in [6.07, 6.45) is 0.573. The van der Waals surface area contributed by atoms with Gasteiger partial charge < -0.3 is 10.5 Å². The van der Waals surface area contributed by atoms with Crippen molar-refractivity contribution in [3.63, 3.8) is 0 Å². The highest BCUT2D eigenvalue weighted by molar-refractivity contribution is 7.89. The molecule has 1 aromatic carbocycles. The lowest BCUT2D eigenvalue weighted by Crippen LogP contribution is -2.34. The number of hydrogen-bond acceptors (Lipinski definition) is 6. The van der Waals surface area contributed by atoms with Gasteiger partial charge in [0, 0.05) is 19.2 Å². The predicted octanol–water partition coefficient (Wildman–Crippen LogP) is 1.10. The molecular weight excluding hydrogens is 329 g/mol. The van der Waals surface area contributed by atoms with Gasteiger partial charge >= 0.3 is 5.69 Å². The molecule has 1 atom stereocenters. The van der Waals surface area contributed by atoms with Gasteiger partial charge in [-0.1, -0.05) is 6.92 Å². The number of hydrogen-bond donors (Lipinski definition) is 1. The second-order valence-electron chi connectivity index (χ2n) is 5.82. The van der Waals surface area contributed by atoms with Crippen LogP contribution in [0.15, 0.2) is 17.0 Å². The molecule has 2 N–H and O–H groups in total. The molecule has 8 nitrogen and oxygen atoms in total. The number of halogens is 1.